The normalized spacial score (nSPS) is 23.1. The highest BCUT2D eigenvalue weighted by molar-refractivity contribution is 5.75. The second-order valence-corrected chi connectivity index (χ2v) is 4.36. The Bertz CT molecular complexity index is 210. The van der Waals surface area contributed by atoms with E-state index in [1.165, 1.54) is 19.4 Å². The lowest BCUT2D eigenvalue weighted by atomic mass is 10.1. The molecule has 1 heterocycles. The first-order chi connectivity index (χ1) is 7.13. The van der Waals surface area contributed by atoms with Gasteiger partial charge in [-0.2, -0.15) is 0 Å². The third-order valence-corrected chi connectivity index (χ3v) is 3.08. The number of nitrogens with one attached hydrogen (secondary N) is 1. The van der Waals surface area contributed by atoms with Gasteiger partial charge in [-0.1, -0.05) is 0 Å². The largest absolute Gasteiger partial charge is 0.305 e. The number of nitrogens with two attached hydrogens (primary N) is 1. The third kappa shape index (κ3) is 4.15. The minimum atomic E-state index is -0.0917. The number of likely N-dealkylation sites (tertiary alicyclic amines) is 1. The van der Waals surface area contributed by atoms with Crippen molar-refractivity contribution in [3.63, 3.8) is 0 Å². The number of carbonyl (C=O) groups is 1. The first-order valence-corrected chi connectivity index (χ1v) is 5.51. The number of amides is 1. The quantitative estimate of drug-likeness (QED) is 0.372. The second-order valence-electron chi connectivity index (χ2n) is 4.36. The third-order valence-electron chi connectivity index (χ3n) is 3.08. The van der Waals surface area contributed by atoms with Crippen LogP contribution in [0.4, 0.5) is 0 Å². The van der Waals surface area contributed by atoms with Crippen molar-refractivity contribution in [3.8, 4) is 0 Å². The Morgan fingerprint density at radius 2 is 2.40 bits per heavy atom. The number of rotatable bonds is 4. The standard InChI is InChI=1S/C10H22N4O/c1-13-6-3-4-9(8-13)14(2)7-5-10(15)12-11/h9H,3-8,11H2,1-2H3,(H,12,15). The number of piperidine rings is 1. The summed E-state index contributed by atoms with van der Waals surface area (Å²) in [6, 6.07) is 0.578. The number of nitrogens with zero attached hydrogens (tertiary/aromatic N) is 2. The van der Waals surface area contributed by atoms with Gasteiger partial charge >= 0.3 is 0 Å². The fourth-order valence-electron chi connectivity index (χ4n) is 2.03. The number of hydrogen-bond donors (Lipinski definition) is 2. The van der Waals surface area contributed by atoms with Crippen LogP contribution in [-0.2, 0) is 4.79 Å². The molecule has 1 saturated heterocycles. The van der Waals surface area contributed by atoms with E-state index in [-0.39, 0.29) is 5.91 Å². The second kappa shape index (κ2) is 6.05. The lowest BCUT2D eigenvalue weighted by molar-refractivity contribution is -0.121. The number of hydrogen-bond acceptors (Lipinski definition) is 4. The molecule has 0 bridgehead atoms. The highest BCUT2D eigenvalue weighted by Gasteiger charge is 2.20. The van der Waals surface area contributed by atoms with Crippen molar-refractivity contribution in [1.82, 2.24) is 15.2 Å². The maximum Gasteiger partial charge on any atom is 0.235 e. The minimum Gasteiger partial charge on any atom is -0.305 e. The Labute approximate surface area is 91.6 Å². The van der Waals surface area contributed by atoms with Gasteiger partial charge in [0.15, 0.2) is 0 Å². The van der Waals surface area contributed by atoms with Crippen LogP contribution in [0.1, 0.15) is 19.3 Å². The lowest BCUT2D eigenvalue weighted by Gasteiger charge is -2.35. The van der Waals surface area contributed by atoms with E-state index in [0.29, 0.717) is 12.5 Å². The molecule has 1 aliphatic heterocycles. The number of carbonyl (C=O) groups excluding carboxylic acids is 1. The molecule has 1 unspecified atom stereocenters. The molecule has 0 aromatic heterocycles. The molecule has 1 atom stereocenters. The first kappa shape index (κ1) is 12.4. The van der Waals surface area contributed by atoms with E-state index < -0.39 is 0 Å². The molecule has 1 fully saturated rings. The topological polar surface area (TPSA) is 61.6 Å². The molecule has 3 N–H and O–H groups in total. The summed E-state index contributed by atoms with van der Waals surface area (Å²) in [5.74, 6) is 4.94. The van der Waals surface area contributed by atoms with Crippen LogP contribution in [0, 0.1) is 0 Å². The maximum atomic E-state index is 11.0. The predicted octanol–water partition coefficient (Wildman–Crippen LogP) is -0.608. The van der Waals surface area contributed by atoms with Crippen molar-refractivity contribution in [2.45, 2.75) is 25.3 Å². The molecule has 0 aliphatic carbocycles. The number of likely N-dealkylation sites (N-methyl/N-ethyl adjacent to an activating group) is 2. The molecule has 1 amide bonds. The van der Waals surface area contributed by atoms with Crippen LogP contribution in [0.15, 0.2) is 0 Å². The number of hydrazine groups is 1. The van der Waals surface area contributed by atoms with Gasteiger partial charge in [0.05, 0.1) is 0 Å². The van der Waals surface area contributed by atoms with Crippen molar-refractivity contribution < 1.29 is 4.79 Å². The summed E-state index contributed by atoms with van der Waals surface area (Å²) in [5, 5.41) is 0. The summed E-state index contributed by atoms with van der Waals surface area (Å²) in [6.45, 7) is 3.07. The van der Waals surface area contributed by atoms with E-state index in [9.17, 15) is 4.79 Å². The summed E-state index contributed by atoms with van der Waals surface area (Å²) in [5.41, 5.74) is 2.16. The molecular formula is C10H22N4O. The summed E-state index contributed by atoms with van der Waals surface area (Å²) < 4.78 is 0. The van der Waals surface area contributed by atoms with Crippen LogP contribution in [0.2, 0.25) is 0 Å². The molecule has 88 valence electrons. The SMILES string of the molecule is CN1CCCC(N(C)CCC(=O)NN)C1. The lowest BCUT2D eigenvalue weighted by Crippen LogP contribution is -2.46. The van der Waals surface area contributed by atoms with E-state index in [4.69, 9.17) is 5.84 Å². The van der Waals surface area contributed by atoms with E-state index >= 15 is 0 Å². The summed E-state index contributed by atoms with van der Waals surface area (Å²) in [4.78, 5) is 15.6. The molecule has 5 nitrogen and oxygen atoms in total. The van der Waals surface area contributed by atoms with Gasteiger partial charge in [0.25, 0.3) is 0 Å². The molecule has 1 aliphatic rings. The van der Waals surface area contributed by atoms with Gasteiger partial charge < -0.3 is 9.80 Å². The van der Waals surface area contributed by atoms with E-state index in [1.807, 2.05) is 0 Å². The predicted molar refractivity (Wildman–Crippen MR) is 60.1 cm³/mol. The van der Waals surface area contributed by atoms with Gasteiger partial charge in [0.1, 0.15) is 0 Å². The van der Waals surface area contributed by atoms with E-state index in [2.05, 4.69) is 29.3 Å². The Morgan fingerprint density at radius 3 is 3.00 bits per heavy atom. The van der Waals surface area contributed by atoms with Crippen LogP contribution in [0.25, 0.3) is 0 Å². The van der Waals surface area contributed by atoms with Crippen molar-refractivity contribution in [1.29, 1.82) is 0 Å². The smallest absolute Gasteiger partial charge is 0.235 e. The van der Waals surface area contributed by atoms with E-state index in [0.717, 1.165) is 13.1 Å². The van der Waals surface area contributed by atoms with Gasteiger partial charge in [-0.15, -0.1) is 0 Å². The molecule has 1 rings (SSSR count). The Morgan fingerprint density at radius 1 is 1.67 bits per heavy atom. The molecule has 0 saturated carbocycles. The first-order valence-electron chi connectivity index (χ1n) is 5.51. The van der Waals surface area contributed by atoms with Crippen LogP contribution in [-0.4, -0.2) is 55.5 Å². The minimum absolute atomic E-state index is 0.0917. The molecule has 0 aromatic carbocycles. The van der Waals surface area contributed by atoms with Gasteiger partial charge in [-0.05, 0) is 33.5 Å². The van der Waals surface area contributed by atoms with Gasteiger partial charge in [0.2, 0.25) is 5.91 Å². The monoisotopic (exact) mass is 214 g/mol. The maximum absolute atomic E-state index is 11.0. The van der Waals surface area contributed by atoms with E-state index in [1.54, 1.807) is 0 Å². The van der Waals surface area contributed by atoms with Crippen LogP contribution >= 0.6 is 0 Å². The molecule has 5 heteroatoms. The Hall–Kier alpha value is -0.650. The van der Waals surface area contributed by atoms with Crippen molar-refractivity contribution in [2.24, 2.45) is 5.84 Å². The summed E-state index contributed by atoms with van der Waals surface area (Å²) in [7, 11) is 4.22. The fraction of sp³-hybridized carbons (Fsp3) is 0.900. The average molecular weight is 214 g/mol. The van der Waals surface area contributed by atoms with Crippen LogP contribution in [0.5, 0.6) is 0 Å². The average Bonchev–Trinajstić information content (AvgIpc) is 2.25. The fourth-order valence-corrected chi connectivity index (χ4v) is 2.03. The van der Waals surface area contributed by atoms with Gasteiger partial charge in [-0.3, -0.25) is 10.2 Å². The van der Waals surface area contributed by atoms with Gasteiger partial charge in [0, 0.05) is 25.6 Å². The molecule has 0 spiro atoms. The zero-order chi connectivity index (χ0) is 11.3. The van der Waals surface area contributed by atoms with Crippen molar-refractivity contribution >= 4 is 5.91 Å². The molecule has 0 aromatic rings. The zero-order valence-corrected chi connectivity index (χ0v) is 9.70. The summed E-state index contributed by atoms with van der Waals surface area (Å²) >= 11 is 0. The highest BCUT2D eigenvalue weighted by Crippen LogP contribution is 2.13. The Balaban J connectivity index is 2.26. The molecule has 0 radical (unpaired) electrons. The molecular weight excluding hydrogens is 192 g/mol. The van der Waals surface area contributed by atoms with Crippen molar-refractivity contribution in [2.75, 3.05) is 33.7 Å². The highest BCUT2D eigenvalue weighted by atomic mass is 16.2. The zero-order valence-electron chi connectivity index (χ0n) is 9.70. The Kier molecular flexibility index (Phi) is 5.01. The van der Waals surface area contributed by atoms with Crippen LogP contribution < -0.4 is 11.3 Å². The summed E-state index contributed by atoms with van der Waals surface area (Å²) in [6.07, 6.45) is 2.95. The molecule has 15 heavy (non-hydrogen) atoms. The van der Waals surface area contributed by atoms with Crippen molar-refractivity contribution in [3.05, 3.63) is 0 Å². The van der Waals surface area contributed by atoms with Gasteiger partial charge in [-0.25, -0.2) is 5.84 Å². The van der Waals surface area contributed by atoms with Crippen LogP contribution in [0.3, 0.4) is 0 Å².